The monoisotopic (exact) mass is 299 g/mol. The summed E-state index contributed by atoms with van der Waals surface area (Å²) >= 11 is 0. The minimum absolute atomic E-state index is 0.0255. The van der Waals surface area contributed by atoms with Crippen molar-refractivity contribution in [3.8, 4) is 11.5 Å². The van der Waals surface area contributed by atoms with Gasteiger partial charge in [0.25, 0.3) is 0 Å². The summed E-state index contributed by atoms with van der Waals surface area (Å²) in [5.41, 5.74) is 1.91. The Balaban J connectivity index is 1.82. The van der Waals surface area contributed by atoms with Crippen LogP contribution in [0.5, 0.6) is 11.5 Å². The van der Waals surface area contributed by atoms with Gasteiger partial charge >= 0.3 is 0 Å². The number of anilines is 1. The number of aromatic hydroxyl groups is 1. The second-order valence-electron chi connectivity index (χ2n) is 5.42. The Morgan fingerprint density at radius 3 is 2.77 bits per heavy atom. The number of hydrogen-bond acceptors (Lipinski definition) is 3. The van der Waals surface area contributed by atoms with Gasteiger partial charge in [-0.2, -0.15) is 0 Å². The molecule has 1 heterocycles. The molecule has 0 fully saturated rings. The fourth-order valence-electron chi connectivity index (χ4n) is 2.73. The molecule has 4 heteroatoms. The molecular formula is C18H18FNO2. The predicted octanol–water partition coefficient (Wildman–Crippen LogP) is 3.53. The van der Waals surface area contributed by atoms with Gasteiger partial charge in [0.15, 0.2) is 0 Å². The first kappa shape index (κ1) is 14.4. The van der Waals surface area contributed by atoms with Gasteiger partial charge in [0, 0.05) is 19.0 Å². The maximum absolute atomic E-state index is 13.0. The minimum Gasteiger partial charge on any atom is -0.508 e. The summed E-state index contributed by atoms with van der Waals surface area (Å²) in [4.78, 5) is 2.12. The molecule has 2 aromatic rings. The number of halogens is 1. The van der Waals surface area contributed by atoms with Crippen LogP contribution in [0.2, 0.25) is 0 Å². The van der Waals surface area contributed by atoms with E-state index in [2.05, 4.69) is 11.5 Å². The first-order valence-electron chi connectivity index (χ1n) is 7.25. The van der Waals surface area contributed by atoms with Crippen LogP contribution >= 0.6 is 0 Å². The third-order valence-corrected chi connectivity index (χ3v) is 3.73. The third kappa shape index (κ3) is 3.06. The first-order chi connectivity index (χ1) is 10.7. The van der Waals surface area contributed by atoms with Crippen molar-refractivity contribution in [2.45, 2.75) is 12.5 Å². The van der Waals surface area contributed by atoms with Crippen molar-refractivity contribution in [1.29, 1.82) is 0 Å². The van der Waals surface area contributed by atoms with Crippen LogP contribution in [0.1, 0.15) is 5.56 Å². The van der Waals surface area contributed by atoms with Gasteiger partial charge in [0.1, 0.15) is 23.4 Å². The number of phenolic OH excluding ortho intramolecular Hbond substituents is 1. The van der Waals surface area contributed by atoms with Crippen molar-refractivity contribution in [1.82, 2.24) is 0 Å². The lowest BCUT2D eigenvalue weighted by atomic mass is 10.1. The van der Waals surface area contributed by atoms with E-state index in [1.54, 1.807) is 30.3 Å². The molecule has 0 bridgehead atoms. The molecule has 1 aliphatic rings. The SMILES string of the molecule is C=CCN1CC(Cc2ccc(F)cc2)Oc2ccc(O)cc21. The molecule has 0 spiro atoms. The normalized spacial score (nSPS) is 16.8. The maximum Gasteiger partial charge on any atom is 0.143 e. The van der Waals surface area contributed by atoms with Crippen LogP contribution in [0.25, 0.3) is 0 Å². The van der Waals surface area contributed by atoms with Crippen LogP contribution in [-0.2, 0) is 6.42 Å². The zero-order valence-electron chi connectivity index (χ0n) is 12.2. The summed E-state index contributed by atoms with van der Waals surface area (Å²) in [7, 11) is 0. The van der Waals surface area contributed by atoms with Crippen LogP contribution < -0.4 is 9.64 Å². The van der Waals surface area contributed by atoms with Crippen LogP contribution in [-0.4, -0.2) is 24.3 Å². The topological polar surface area (TPSA) is 32.7 Å². The van der Waals surface area contributed by atoms with Gasteiger partial charge in [-0.3, -0.25) is 0 Å². The molecule has 1 aliphatic heterocycles. The summed E-state index contributed by atoms with van der Waals surface area (Å²) < 4.78 is 19.0. The number of fused-ring (bicyclic) bond motifs is 1. The number of benzene rings is 2. The zero-order chi connectivity index (χ0) is 15.5. The Morgan fingerprint density at radius 1 is 1.27 bits per heavy atom. The smallest absolute Gasteiger partial charge is 0.143 e. The number of phenols is 1. The van der Waals surface area contributed by atoms with Crippen molar-refractivity contribution in [2.75, 3.05) is 18.0 Å². The quantitative estimate of drug-likeness (QED) is 0.877. The average molecular weight is 299 g/mol. The average Bonchev–Trinajstić information content (AvgIpc) is 2.51. The van der Waals surface area contributed by atoms with Crippen LogP contribution in [0.4, 0.5) is 10.1 Å². The second kappa shape index (κ2) is 6.10. The Kier molecular flexibility index (Phi) is 4.00. The van der Waals surface area contributed by atoms with Crippen molar-refractivity contribution in [3.05, 3.63) is 66.5 Å². The van der Waals surface area contributed by atoms with E-state index in [0.29, 0.717) is 19.5 Å². The van der Waals surface area contributed by atoms with Crippen molar-refractivity contribution in [3.63, 3.8) is 0 Å². The first-order valence-corrected chi connectivity index (χ1v) is 7.25. The van der Waals surface area contributed by atoms with E-state index < -0.39 is 0 Å². The highest BCUT2D eigenvalue weighted by Gasteiger charge is 2.25. The van der Waals surface area contributed by atoms with E-state index in [-0.39, 0.29) is 17.7 Å². The summed E-state index contributed by atoms with van der Waals surface area (Å²) in [5.74, 6) is 0.730. The number of nitrogens with zero attached hydrogens (tertiary/aromatic N) is 1. The van der Waals surface area contributed by atoms with Gasteiger partial charge in [-0.15, -0.1) is 6.58 Å². The van der Waals surface area contributed by atoms with Gasteiger partial charge in [0.05, 0.1) is 12.2 Å². The van der Waals surface area contributed by atoms with Crippen molar-refractivity contribution in [2.24, 2.45) is 0 Å². The second-order valence-corrected chi connectivity index (χ2v) is 5.42. The number of ether oxygens (including phenoxy) is 1. The van der Waals surface area contributed by atoms with E-state index in [0.717, 1.165) is 17.0 Å². The standard InChI is InChI=1S/C18H18FNO2/c1-2-9-20-12-16(10-13-3-5-14(19)6-4-13)22-18-8-7-15(21)11-17(18)20/h2-8,11,16,21H,1,9-10,12H2. The molecule has 22 heavy (non-hydrogen) atoms. The minimum atomic E-state index is -0.234. The fraction of sp³-hybridized carbons (Fsp3) is 0.222. The Hall–Kier alpha value is -2.49. The summed E-state index contributed by atoms with van der Waals surface area (Å²) in [5, 5.41) is 9.66. The predicted molar refractivity (Wildman–Crippen MR) is 85.0 cm³/mol. The molecular weight excluding hydrogens is 281 g/mol. The van der Waals surface area contributed by atoms with E-state index in [1.807, 2.05) is 6.08 Å². The van der Waals surface area contributed by atoms with E-state index in [4.69, 9.17) is 4.74 Å². The maximum atomic E-state index is 13.0. The van der Waals surface area contributed by atoms with Gasteiger partial charge < -0.3 is 14.7 Å². The van der Waals surface area contributed by atoms with E-state index in [9.17, 15) is 9.50 Å². The Bertz CT molecular complexity index is 669. The van der Waals surface area contributed by atoms with Crippen molar-refractivity contribution < 1.29 is 14.2 Å². The van der Waals surface area contributed by atoms with Crippen molar-refractivity contribution >= 4 is 5.69 Å². The molecule has 0 radical (unpaired) electrons. The number of hydrogen-bond donors (Lipinski definition) is 1. The van der Waals surface area contributed by atoms with Crippen LogP contribution in [0.15, 0.2) is 55.1 Å². The molecule has 1 unspecified atom stereocenters. The molecule has 3 nitrogen and oxygen atoms in total. The molecule has 0 aromatic heterocycles. The molecule has 1 N–H and O–H groups in total. The highest BCUT2D eigenvalue weighted by molar-refractivity contribution is 5.63. The highest BCUT2D eigenvalue weighted by atomic mass is 19.1. The largest absolute Gasteiger partial charge is 0.508 e. The molecule has 0 saturated carbocycles. The van der Waals surface area contributed by atoms with Gasteiger partial charge in [-0.25, -0.2) is 4.39 Å². The fourth-order valence-corrected chi connectivity index (χ4v) is 2.73. The molecule has 1 atom stereocenters. The summed E-state index contributed by atoms with van der Waals surface area (Å²) in [6, 6.07) is 11.6. The Labute approximate surface area is 129 Å². The van der Waals surface area contributed by atoms with Gasteiger partial charge in [-0.05, 0) is 29.8 Å². The Morgan fingerprint density at radius 2 is 2.05 bits per heavy atom. The lowest BCUT2D eigenvalue weighted by molar-refractivity contribution is 0.194. The van der Waals surface area contributed by atoms with Crippen LogP contribution in [0, 0.1) is 5.82 Å². The van der Waals surface area contributed by atoms with E-state index in [1.165, 1.54) is 12.1 Å². The highest BCUT2D eigenvalue weighted by Crippen LogP contribution is 2.36. The molecule has 0 amide bonds. The van der Waals surface area contributed by atoms with E-state index >= 15 is 0 Å². The molecule has 2 aromatic carbocycles. The van der Waals surface area contributed by atoms with Gasteiger partial charge in [-0.1, -0.05) is 18.2 Å². The lowest BCUT2D eigenvalue weighted by Gasteiger charge is -2.36. The number of rotatable bonds is 4. The molecule has 0 aliphatic carbocycles. The molecule has 114 valence electrons. The third-order valence-electron chi connectivity index (χ3n) is 3.73. The van der Waals surface area contributed by atoms with Crippen LogP contribution in [0.3, 0.4) is 0 Å². The summed E-state index contributed by atoms with van der Waals surface area (Å²) in [6.45, 7) is 5.16. The zero-order valence-corrected chi connectivity index (χ0v) is 12.2. The summed E-state index contributed by atoms with van der Waals surface area (Å²) in [6.07, 6.45) is 2.50. The lowest BCUT2D eigenvalue weighted by Crippen LogP contribution is -2.41. The van der Waals surface area contributed by atoms with Gasteiger partial charge in [0.2, 0.25) is 0 Å². The molecule has 0 saturated heterocycles. The molecule has 3 rings (SSSR count).